The first-order chi connectivity index (χ1) is 22.6. The summed E-state index contributed by atoms with van der Waals surface area (Å²) in [4.78, 5) is 0. The molecule has 16 nitrogen and oxygen atoms in total. The molecule has 0 aliphatic carbocycles. The molecule has 22 heteroatoms. The van der Waals surface area contributed by atoms with Crippen LogP contribution in [0.25, 0.3) is 0 Å². The van der Waals surface area contributed by atoms with E-state index in [9.17, 15) is 40.9 Å². The highest BCUT2D eigenvalue weighted by atomic mass is 79.9. The number of halogens is 6. The Morgan fingerprint density at radius 2 is 0.625 bits per heavy atom. The van der Waals surface area contributed by atoms with Gasteiger partial charge in [-0.25, -0.2) is 0 Å². The molecule has 0 spiro atoms. The van der Waals surface area contributed by atoms with Crippen molar-refractivity contribution in [2.24, 2.45) is 0 Å². The van der Waals surface area contributed by atoms with Crippen LogP contribution in [0.4, 0.5) is 0 Å². The molecule has 0 amide bonds. The molecule has 4 unspecified atom stereocenters. The molecule has 0 aromatic heterocycles. The van der Waals surface area contributed by atoms with Crippen molar-refractivity contribution in [3.05, 3.63) is 0 Å². The molecule has 0 aromatic carbocycles. The molecule has 1 saturated heterocycles. The van der Waals surface area contributed by atoms with E-state index in [4.69, 9.17) is 43.6 Å². The molecule has 1 heterocycles. The zero-order chi connectivity index (χ0) is 37.7. The first-order valence-electron chi connectivity index (χ1n) is 15.0. The Morgan fingerprint density at radius 1 is 0.417 bits per heavy atom. The van der Waals surface area contributed by atoms with Gasteiger partial charge in [-0.3, -0.25) is 0 Å². The monoisotopic (exact) mass is 1000 g/mol. The minimum atomic E-state index is -1.43. The molecule has 1 aliphatic heterocycles. The lowest BCUT2D eigenvalue weighted by Gasteiger charge is -2.26. The van der Waals surface area contributed by atoms with Gasteiger partial charge in [-0.1, -0.05) is 63.7 Å². The van der Waals surface area contributed by atoms with Gasteiger partial charge in [0.15, 0.2) is 0 Å². The average Bonchev–Trinajstić information content (AvgIpc) is 3.12. The maximum Gasteiger partial charge on any atom is 0.110 e. The molecule has 12 atom stereocenters. The fourth-order valence-corrected chi connectivity index (χ4v) is 5.01. The standard InChI is InChI=1S/C10H22Cl2N2O4.2C6H12Br2O4.C4H10N2/c11-1-3-13-5-7(15)9(17)10(18)8(16)6-14-4-2-12;2*7-1-3(9)5(11)6(12)4(10)2-8;1-2-6-4-3-5-1/h7-10,13-18H,1-6H2;2*3-6,9-12H,1-2H2;5-6H,1-4H2/t7-,8-,9-,10-;3-,4-,5-,6-;;/m11../s1. The Hall–Kier alpha value is 1.86. The fraction of sp³-hybridized carbons (Fsp3) is 1.00. The molecule has 294 valence electrons. The summed E-state index contributed by atoms with van der Waals surface area (Å²) in [5, 5.41) is 124. The van der Waals surface area contributed by atoms with E-state index in [1.54, 1.807) is 0 Å². The van der Waals surface area contributed by atoms with Gasteiger partial charge in [0.25, 0.3) is 0 Å². The number of piperazine rings is 1. The van der Waals surface area contributed by atoms with Crippen molar-refractivity contribution in [1.82, 2.24) is 21.3 Å². The van der Waals surface area contributed by atoms with Gasteiger partial charge >= 0.3 is 0 Å². The minimum Gasteiger partial charge on any atom is -0.389 e. The molecule has 48 heavy (non-hydrogen) atoms. The number of rotatable bonds is 21. The van der Waals surface area contributed by atoms with E-state index in [1.165, 1.54) is 0 Å². The molecule has 0 saturated carbocycles. The van der Waals surface area contributed by atoms with Gasteiger partial charge in [-0.05, 0) is 0 Å². The van der Waals surface area contributed by atoms with Crippen LogP contribution in [-0.4, -0.2) is 220 Å². The van der Waals surface area contributed by atoms with E-state index < -0.39 is 73.2 Å². The third-order valence-corrected chi connectivity index (χ3v) is 9.29. The van der Waals surface area contributed by atoms with E-state index in [0.29, 0.717) is 24.8 Å². The third kappa shape index (κ3) is 27.5. The van der Waals surface area contributed by atoms with Crippen LogP contribution in [0.15, 0.2) is 0 Å². The van der Waals surface area contributed by atoms with Crippen molar-refractivity contribution in [3.8, 4) is 0 Å². The van der Waals surface area contributed by atoms with Crippen molar-refractivity contribution in [3.63, 3.8) is 0 Å². The molecular formula is C26H56Br4Cl2N4O12. The maximum atomic E-state index is 9.63. The predicted molar refractivity (Wildman–Crippen MR) is 200 cm³/mol. The first-order valence-corrected chi connectivity index (χ1v) is 20.5. The summed E-state index contributed by atoms with van der Waals surface area (Å²) in [6.45, 7) is 5.71. The first kappa shape index (κ1) is 54.2. The van der Waals surface area contributed by atoms with Gasteiger partial charge in [0.2, 0.25) is 0 Å². The van der Waals surface area contributed by atoms with E-state index in [1.807, 2.05) is 0 Å². The highest BCUT2D eigenvalue weighted by molar-refractivity contribution is 9.09. The predicted octanol–water partition coefficient (Wildman–Crippen LogP) is -4.29. The third-order valence-electron chi connectivity index (χ3n) is 6.25. The number of hydrogen-bond donors (Lipinski definition) is 16. The van der Waals surface area contributed by atoms with Gasteiger partial charge in [0.1, 0.15) is 36.6 Å². The summed E-state index contributed by atoms with van der Waals surface area (Å²) in [6, 6.07) is 0. The number of alkyl halides is 6. The molecule has 1 aliphatic rings. The largest absolute Gasteiger partial charge is 0.389 e. The quantitative estimate of drug-likeness (QED) is 0.0383. The van der Waals surface area contributed by atoms with Crippen LogP contribution in [0.5, 0.6) is 0 Å². The zero-order valence-electron chi connectivity index (χ0n) is 26.5. The summed E-state index contributed by atoms with van der Waals surface area (Å²) in [5.41, 5.74) is 0. The Labute approximate surface area is 326 Å². The molecule has 1 fully saturated rings. The Morgan fingerprint density at radius 3 is 0.792 bits per heavy atom. The van der Waals surface area contributed by atoms with Crippen LogP contribution < -0.4 is 21.3 Å². The van der Waals surface area contributed by atoms with E-state index in [0.717, 1.165) is 26.2 Å². The highest BCUT2D eigenvalue weighted by Gasteiger charge is 2.31. The Balaban J connectivity index is -0.000000594. The highest BCUT2D eigenvalue weighted by Crippen LogP contribution is 2.10. The molecular weight excluding hydrogens is 951 g/mol. The van der Waals surface area contributed by atoms with Crippen molar-refractivity contribution in [2.75, 3.05) is 85.4 Å². The van der Waals surface area contributed by atoms with Crippen LogP contribution in [0, 0.1) is 0 Å². The molecule has 0 bridgehead atoms. The van der Waals surface area contributed by atoms with Crippen molar-refractivity contribution in [1.29, 1.82) is 0 Å². The zero-order valence-corrected chi connectivity index (χ0v) is 34.3. The van der Waals surface area contributed by atoms with Gasteiger partial charge in [-0.2, -0.15) is 0 Å². The SMILES string of the molecule is C1CNCCN1.OC(CBr)C(O)C(O)C(O)CBr.O[C@@H]([C@H](O)[C@H](O)CBr)[C@H](O)CBr.O[C@@H]([C@H](O)[C@H](O)CNCCCl)[C@H](O)CNCCCl. The van der Waals surface area contributed by atoms with Gasteiger partial charge < -0.3 is 82.5 Å². The molecule has 16 N–H and O–H groups in total. The maximum absolute atomic E-state index is 9.63. The second kappa shape index (κ2) is 35.9. The average molecular weight is 1010 g/mol. The van der Waals surface area contributed by atoms with Gasteiger partial charge in [-0.15, -0.1) is 23.2 Å². The Kier molecular flexibility index (Phi) is 40.5. The van der Waals surface area contributed by atoms with Gasteiger partial charge in [0, 0.05) is 85.4 Å². The molecule has 1 rings (SSSR count). The van der Waals surface area contributed by atoms with Crippen molar-refractivity contribution < 1.29 is 61.3 Å². The smallest absolute Gasteiger partial charge is 0.110 e. The van der Waals surface area contributed by atoms with Crippen molar-refractivity contribution in [2.45, 2.75) is 73.2 Å². The second-order valence-electron chi connectivity index (χ2n) is 10.3. The summed E-state index contributed by atoms with van der Waals surface area (Å²) in [6.07, 6.45) is -14.9. The van der Waals surface area contributed by atoms with E-state index >= 15 is 0 Å². The normalized spacial score (nSPS) is 20.6. The van der Waals surface area contributed by atoms with Crippen molar-refractivity contribution >= 4 is 86.9 Å². The number of aliphatic hydroxyl groups is 12. The summed E-state index contributed by atoms with van der Waals surface area (Å²) in [7, 11) is 0. The van der Waals surface area contributed by atoms with Crippen LogP contribution in [0.3, 0.4) is 0 Å². The summed E-state index contributed by atoms with van der Waals surface area (Å²) >= 11 is 22.6. The Bertz CT molecular complexity index is 615. The number of aliphatic hydroxyl groups excluding tert-OH is 12. The summed E-state index contributed by atoms with van der Waals surface area (Å²) < 4.78 is 0. The fourth-order valence-electron chi connectivity index (χ4n) is 3.21. The molecule has 0 aromatic rings. The van der Waals surface area contributed by atoms with Crippen LogP contribution in [-0.2, 0) is 0 Å². The number of hydrogen-bond acceptors (Lipinski definition) is 16. The summed E-state index contributed by atoms with van der Waals surface area (Å²) in [5.74, 6) is 0.771. The topological polar surface area (TPSA) is 291 Å². The second-order valence-corrected chi connectivity index (χ2v) is 13.6. The molecule has 0 radical (unpaired) electrons. The minimum absolute atomic E-state index is 0.0901. The lowest BCUT2D eigenvalue weighted by atomic mass is 10.0. The van der Waals surface area contributed by atoms with Crippen LogP contribution in [0.1, 0.15) is 0 Å². The lowest BCUT2D eigenvalue weighted by Crippen LogP contribution is -2.50. The van der Waals surface area contributed by atoms with E-state index in [2.05, 4.69) is 85.0 Å². The van der Waals surface area contributed by atoms with E-state index in [-0.39, 0.29) is 34.4 Å². The number of nitrogens with one attached hydrogen (secondary N) is 4. The van der Waals surface area contributed by atoms with Gasteiger partial charge in [0.05, 0.1) is 36.6 Å². The van der Waals surface area contributed by atoms with Crippen LogP contribution >= 0.6 is 86.9 Å². The van der Waals surface area contributed by atoms with Crippen LogP contribution in [0.2, 0.25) is 0 Å². The lowest BCUT2D eigenvalue weighted by molar-refractivity contribution is -0.102.